The minimum absolute atomic E-state index is 0.203. The van der Waals surface area contributed by atoms with Gasteiger partial charge in [-0.1, -0.05) is 102 Å². The Bertz CT molecular complexity index is 1130. The molecule has 5 nitrogen and oxygen atoms in total. The highest BCUT2D eigenvalue weighted by Crippen LogP contribution is 2.40. The number of ether oxygens (including phenoxy) is 2. The molecule has 0 spiro atoms. The van der Waals surface area contributed by atoms with Gasteiger partial charge in [-0.25, -0.2) is 4.39 Å². The molecule has 0 aliphatic carbocycles. The van der Waals surface area contributed by atoms with Gasteiger partial charge in [-0.15, -0.1) is 0 Å². The van der Waals surface area contributed by atoms with Gasteiger partial charge < -0.3 is 19.5 Å². The molecule has 1 N–H and O–H groups in total. The van der Waals surface area contributed by atoms with Crippen LogP contribution in [0.5, 0.6) is 11.5 Å². The molecule has 1 heterocycles. The van der Waals surface area contributed by atoms with E-state index in [-0.39, 0.29) is 11.7 Å². The largest absolute Gasteiger partial charge is 0.493 e. The van der Waals surface area contributed by atoms with Crippen molar-refractivity contribution in [2.24, 2.45) is 5.92 Å². The van der Waals surface area contributed by atoms with Crippen molar-refractivity contribution in [2.75, 3.05) is 33.9 Å². The minimum Gasteiger partial charge on any atom is -0.493 e. The van der Waals surface area contributed by atoms with Crippen LogP contribution in [-0.4, -0.2) is 43.9 Å². The maximum Gasteiger partial charge on any atom is 0.161 e. The predicted octanol–water partition coefficient (Wildman–Crippen LogP) is 9.92. The number of halogens is 1. The molecule has 0 bridgehead atoms. The summed E-state index contributed by atoms with van der Waals surface area (Å²) in [4.78, 5) is 2.49. The van der Waals surface area contributed by atoms with Crippen LogP contribution in [0.3, 0.4) is 0 Å². The van der Waals surface area contributed by atoms with Crippen molar-refractivity contribution in [1.29, 1.82) is 5.26 Å². The second-order valence-electron chi connectivity index (χ2n) is 13.2. The fourth-order valence-electron chi connectivity index (χ4n) is 7.00. The Morgan fingerprint density at radius 3 is 1.93 bits per heavy atom. The maximum absolute atomic E-state index is 13.3. The van der Waals surface area contributed by atoms with Crippen LogP contribution in [0, 0.1) is 23.1 Å². The molecule has 2 aromatic rings. The van der Waals surface area contributed by atoms with Crippen LogP contribution in [0.2, 0.25) is 0 Å². The number of aliphatic hydroxyl groups excluding tert-OH is 1. The summed E-state index contributed by atoms with van der Waals surface area (Å²) in [6.07, 6.45) is 19.3. The zero-order valence-electron chi connectivity index (χ0n) is 28.4. The highest BCUT2D eigenvalue weighted by molar-refractivity contribution is 5.47. The molecule has 0 aromatic heterocycles. The van der Waals surface area contributed by atoms with Crippen LogP contribution in [0.15, 0.2) is 42.5 Å². The van der Waals surface area contributed by atoms with Gasteiger partial charge in [0.25, 0.3) is 0 Å². The molecular weight excluding hydrogens is 563 g/mol. The number of aliphatic hydroxyl groups is 1. The monoisotopic (exact) mass is 622 g/mol. The minimum atomic E-state index is -0.541. The molecule has 1 fully saturated rings. The molecule has 1 aliphatic rings. The van der Waals surface area contributed by atoms with Crippen LogP contribution >= 0.6 is 0 Å². The topological polar surface area (TPSA) is 65.7 Å². The Morgan fingerprint density at radius 1 is 0.822 bits per heavy atom. The van der Waals surface area contributed by atoms with Crippen LogP contribution in [0.4, 0.5) is 4.39 Å². The Kier molecular flexibility index (Phi) is 16.8. The number of hydrogen-bond donors (Lipinski definition) is 1. The zero-order valence-corrected chi connectivity index (χ0v) is 28.4. The first-order valence-electron chi connectivity index (χ1n) is 17.8. The van der Waals surface area contributed by atoms with Gasteiger partial charge in [0, 0.05) is 0 Å². The first-order valence-corrected chi connectivity index (χ1v) is 17.8. The highest BCUT2D eigenvalue weighted by Gasteiger charge is 2.33. The first-order chi connectivity index (χ1) is 22.0. The summed E-state index contributed by atoms with van der Waals surface area (Å²) in [5.41, 5.74) is 1.30. The van der Waals surface area contributed by atoms with Crippen molar-refractivity contribution < 1.29 is 19.0 Å². The molecular formula is C39H59FN2O3. The third-order valence-electron chi connectivity index (χ3n) is 9.98. The van der Waals surface area contributed by atoms with Crippen molar-refractivity contribution in [3.63, 3.8) is 0 Å². The lowest BCUT2D eigenvalue weighted by Crippen LogP contribution is -2.36. The van der Waals surface area contributed by atoms with Crippen LogP contribution in [0.1, 0.15) is 133 Å². The molecule has 2 atom stereocenters. The SMILES string of the molecule is CCCCCCCCCCCCCC(C#N)(CCCCN1CCC(C(O)c2ccc(F)cc2)CC1)c1ccc(OC)c(OC)c1. The maximum atomic E-state index is 13.3. The molecule has 0 saturated carbocycles. The zero-order chi connectivity index (χ0) is 32.3. The Balaban J connectivity index is 1.48. The van der Waals surface area contributed by atoms with E-state index < -0.39 is 11.5 Å². The normalized spacial score (nSPS) is 16.2. The number of rotatable bonds is 22. The summed E-state index contributed by atoms with van der Waals surface area (Å²) in [6.45, 7) is 5.19. The van der Waals surface area contributed by atoms with Gasteiger partial charge in [0.2, 0.25) is 0 Å². The summed E-state index contributed by atoms with van der Waals surface area (Å²) in [7, 11) is 3.30. The number of hydrogen-bond acceptors (Lipinski definition) is 5. The number of nitrogens with zero attached hydrogens (tertiary/aromatic N) is 2. The van der Waals surface area contributed by atoms with Crippen molar-refractivity contribution in [1.82, 2.24) is 4.90 Å². The Hall–Kier alpha value is -2.62. The molecule has 0 amide bonds. The summed E-state index contributed by atoms with van der Waals surface area (Å²) in [5.74, 6) is 1.30. The summed E-state index contributed by atoms with van der Waals surface area (Å²) in [5, 5.41) is 21.5. The van der Waals surface area contributed by atoms with E-state index in [9.17, 15) is 14.8 Å². The van der Waals surface area contributed by atoms with E-state index in [1.54, 1.807) is 26.4 Å². The average Bonchev–Trinajstić information content (AvgIpc) is 3.08. The molecule has 45 heavy (non-hydrogen) atoms. The van der Waals surface area contributed by atoms with Gasteiger partial charge in [0.1, 0.15) is 5.82 Å². The molecule has 2 unspecified atom stereocenters. The van der Waals surface area contributed by atoms with E-state index in [4.69, 9.17) is 9.47 Å². The number of likely N-dealkylation sites (tertiary alicyclic amines) is 1. The molecule has 1 saturated heterocycles. The van der Waals surface area contributed by atoms with E-state index in [0.717, 1.165) is 75.7 Å². The molecule has 0 radical (unpaired) electrons. The Labute approximate surface area is 273 Å². The van der Waals surface area contributed by atoms with Crippen molar-refractivity contribution >= 4 is 0 Å². The van der Waals surface area contributed by atoms with Gasteiger partial charge in [0.05, 0.1) is 31.8 Å². The lowest BCUT2D eigenvalue weighted by molar-refractivity contribution is 0.0583. The van der Waals surface area contributed by atoms with Crippen molar-refractivity contribution in [3.05, 3.63) is 59.4 Å². The van der Waals surface area contributed by atoms with Crippen LogP contribution < -0.4 is 9.47 Å². The molecule has 2 aromatic carbocycles. The molecule has 3 rings (SSSR count). The third-order valence-corrected chi connectivity index (χ3v) is 9.98. The number of methoxy groups -OCH3 is 2. The smallest absolute Gasteiger partial charge is 0.161 e. The predicted molar refractivity (Wildman–Crippen MR) is 182 cm³/mol. The van der Waals surface area contributed by atoms with E-state index in [0.29, 0.717) is 11.5 Å². The number of unbranched alkanes of at least 4 members (excludes halogenated alkanes) is 11. The molecule has 6 heteroatoms. The van der Waals surface area contributed by atoms with Crippen molar-refractivity contribution in [3.8, 4) is 17.6 Å². The van der Waals surface area contributed by atoms with Crippen LogP contribution in [0.25, 0.3) is 0 Å². The quantitative estimate of drug-likeness (QED) is 0.132. The van der Waals surface area contributed by atoms with E-state index in [2.05, 4.69) is 24.0 Å². The van der Waals surface area contributed by atoms with Gasteiger partial charge in [0.15, 0.2) is 11.5 Å². The number of piperidine rings is 1. The fraction of sp³-hybridized carbons (Fsp3) is 0.667. The van der Waals surface area contributed by atoms with Gasteiger partial charge in [-0.3, -0.25) is 0 Å². The van der Waals surface area contributed by atoms with E-state index in [1.165, 1.54) is 76.3 Å². The van der Waals surface area contributed by atoms with Gasteiger partial charge in [-0.2, -0.15) is 5.26 Å². The summed E-state index contributed by atoms with van der Waals surface area (Å²) < 4.78 is 24.4. The highest BCUT2D eigenvalue weighted by atomic mass is 19.1. The first kappa shape index (κ1) is 36.8. The summed E-state index contributed by atoms with van der Waals surface area (Å²) in [6, 6.07) is 15.0. The van der Waals surface area contributed by atoms with Crippen LogP contribution in [-0.2, 0) is 5.41 Å². The molecule has 1 aliphatic heterocycles. The Morgan fingerprint density at radius 2 is 1.38 bits per heavy atom. The third kappa shape index (κ3) is 11.9. The van der Waals surface area contributed by atoms with E-state index >= 15 is 0 Å². The lowest BCUT2D eigenvalue weighted by atomic mass is 9.73. The van der Waals surface area contributed by atoms with Gasteiger partial charge in [-0.05, 0) is 93.0 Å². The second kappa shape index (κ2) is 20.5. The van der Waals surface area contributed by atoms with E-state index in [1.807, 2.05) is 12.1 Å². The lowest BCUT2D eigenvalue weighted by Gasteiger charge is -2.34. The fourth-order valence-corrected chi connectivity index (χ4v) is 7.00. The number of benzene rings is 2. The molecule has 250 valence electrons. The number of nitriles is 1. The van der Waals surface area contributed by atoms with Crippen molar-refractivity contribution in [2.45, 2.75) is 128 Å². The van der Waals surface area contributed by atoms with Gasteiger partial charge >= 0.3 is 0 Å². The summed E-state index contributed by atoms with van der Waals surface area (Å²) >= 11 is 0. The standard InChI is InChI=1S/C39H59FN2O3/c1-4-5-6-7-8-9-10-11-12-13-14-25-39(31-41,34-19-22-36(44-2)37(30-34)45-3)26-15-16-27-42-28-23-33(24-29-42)38(43)32-17-20-35(40)21-18-32/h17-22,30,33,38,43H,4-16,23-29H2,1-3H3. The second-order valence-corrected chi connectivity index (χ2v) is 13.2. The average molecular weight is 623 g/mol.